The molecule has 33 heavy (non-hydrogen) atoms. The van der Waals surface area contributed by atoms with Gasteiger partial charge in [0.15, 0.2) is 15.2 Å². The number of benzene rings is 2. The minimum Gasteiger partial charge on any atom is -0.810 e. The van der Waals surface area contributed by atoms with Crippen LogP contribution >= 0.6 is 30.4 Å². The molecule has 2 atom stereocenters. The molecule has 0 radical (unpaired) electrons. The third-order valence-electron chi connectivity index (χ3n) is 2.67. The zero-order valence-electron chi connectivity index (χ0n) is 17.0. The third-order valence-corrected chi connectivity index (χ3v) is 9.19. The van der Waals surface area contributed by atoms with Crippen LogP contribution in [0.2, 0.25) is 0 Å². The summed E-state index contributed by atoms with van der Waals surface area (Å²) in [5.74, 6) is -3.09. The van der Waals surface area contributed by atoms with E-state index in [0.29, 0.717) is 0 Å². The van der Waals surface area contributed by atoms with E-state index in [1.165, 1.54) is 48.5 Å². The second kappa shape index (κ2) is 17.1. The maximum absolute atomic E-state index is 11.0. The monoisotopic (exact) mass is 840 g/mol. The van der Waals surface area contributed by atoms with Gasteiger partial charge in [-0.15, -0.1) is 0 Å². The van der Waals surface area contributed by atoms with Crippen LogP contribution in [0.3, 0.4) is 0 Å². The van der Waals surface area contributed by atoms with E-state index >= 15 is 0 Å². The minimum atomic E-state index is -5.12. The van der Waals surface area contributed by atoms with Crippen LogP contribution in [0.15, 0.2) is 60.7 Å². The van der Waals surface area contributed by atoms with Crippen LogP contribution in [0.25, 0.3) is 0 Å². The van der Waals surface area contributed by atoms with Gasteiger partial charge < -0.3 is 47.5 Å². The van der Waals surface area contributed by atoms with Gasteiger partial charge in [0.2, 0.25) is 0 Å². The smallest absolute Gasteiger partial charge is 0.810 e. The summed E-state index contributed by atoms with van der Waals surface area (Å²) in [6, 6.07) is 14.7. The molecule has 0 bridgehead atoms. The van der Waals surface area contributed by atoms with Crippen molar-refractivity contribution < 1.29 is 139 Å². The first-order valence-corrected chi connectivity index (χ1v) is 14.6. The van der Waals surface area contributed by atoms with Gasteiger partial charge in [0.05, 0.1) is 11.8 Å². The van der Waals surface area contributed by atoms with E-state index in [-0.39, 0.29) is 93.4 Å². The Morgan fingerprint density at radius 1 is 0.515 bits per heavy atom. The van der Waals surface area contributed by atoms with E-state index < -0.39 is 42.2 Å². The first-order valence-electron chi connectivity index (χ1n) is 7.69. The molecule has 2 aromatic rings. The summed E-state index contributed by atoms with van der Waals surface area (Å²) in [6.45, 7) is 0. The van der Waals surface area contributed by atoms with Gasteiger partial charge in [-0.25, -0.2) is 0 Å². The van der Waals surface area contributed by atoms with Crippen molar-refractivity contribution >= 4 is 30.4 Å². The van der Waals surface area contributed by atoms with E-state index in [1.807, 2.05) is 0 Å². The van der Waals surface area contributed by atoms with E-state index in [2.05, 4.69) is 9.05 Å². The van der Waals surface area contributed by atoms with Gasteiger partial charge in [-0.2, -0.15) is 0 Å². The summed E-state index contributed by atoms with van der Waals surface area (Å²) in [5, 5.41) is 0. The molecule has 0 aliphatic rings. The maximum Gasteiger partial charge on any atom is 2.00 e. The molecule has 0 N–H and O–H groups in total. The third kappa shape index (κ3) is 21.3. The average molecular weight is 835 g/mol. The van der Waals surface area contributed by atoms with Crippen LogP contribution in [0, 0.1) is 0 Å². The van der Waals surface area contributed by atoms with Crippen molar-refractivity contribution in [2.75, 3.05) is 11.8 Å². The Bertz CT molecular complexity index is 918. The first kappa shape index (κ1) is 39.0. The van der Waals surface area contributed by atoms with E-state index in [4.69, 9.17) is 0 Å². The zero-order chi connectivity index (χ0) is 23.1. The predicted octanol–water partition coefficient (Wildman–Crippen LogP) is -1.03. The summed E-state index contributed by atoms with van der Waals surface area (Å²) in [6.07, 6.45) is 0. The Morgan fingerprint density at radius 2 is 0.758 bits per heavy atom. The molecule has 19 heteroatoms. The summed E-state index contributed by atoms with van der Waals surface area (Å²) in [4.78, 5) is 63.1. The van der Waals surface area contributed by atoms with Crippen LogP contribution in [0.1, 0.15) is 0 Å². The molecule has 0 saturated carbocycles. The van der Waals surface area contributed by atoms with Gasteiger partial charge in [-0.05, 0) is 24.3 Å². The van der Waals surface area contributed by atoms with E-state index in [0.717, 1.165) is 0 Å². The molecule has 12 nitrogen and oxygen atoms in total. The van der Waals surface area contributed by atoms with Gasteiger partial charge >= 0.3 is 81.9 Å². The molecule has 2 unspecified atom stereocenters. The first-order chi connectivity index (χ1) is 13.6. The molecule has 0 aliphatic carbocycles. The van der Waals surface area contributed by atoms with Gasteiger partial charge in [-0.3, -0.25) is 9.13 Å². The molecule has 2 aromatic carbocycles. The SMILES string of the molecule is O=P([O-])([O-])CP(=O)([O-])Oc1ccccc1.O=P([O-])([O-])CP(=O)([O-])Oc1ccccc1.[Cd+2].[Cd+2].[Cd+2]. The van der Waals surface area contributed by atoms with Crippen LogP contribution in [-0.4, -0.2) is 11.8 Å². The fraction of sp³-hybridized carbons (Fsp3) is 0.143. The molecule has 0 fully saturated rings. The van der Waals surface area contributed by atoms with E-state index in [9.17, 15) is 47.6 Å². The fourth-order valence-electron chi connectivity index (χ4n) is 1.77. The summed E-state index contributed by atoms with van der Waals surface area (Å²) in [7, 11) is -19.6. The quantitative estimate of drug-likeness (QED) is 0.230. The molecule has 0 aliphatic heterocycles. The van der Waals surface area contributed by atoms with Crippen LogP contribution in [-0.2, 0) is 100 Å². The largest absolute Gasteiger partial charge is 2.00 e. The Labute approximate surface area is 250 Å². The number of hydrogen-bond donors (Lipinski definition) is 0. The Kier molecular flexibility index (Phi) is 20.2. The van der Waals surface area contributed by atoms with Crippen molar-refractivity contribution in [1.82, 2.24) is 0 Å². The van der Waals surface area contributed by atoms with Crippen molar-refractivity contribution in [2.45, 2.75) is 0 Å². The standard InChI is InChI=1S/2C7H10O6P2.3Cd/c2*8-14(9,10)6-15(11,12)13-7-4-2-1-3-5-7;;;/h2*1-5H,6H2,(H,11,12)(H2,8,9,10);;;/q;;3*+2/p-6. The number of rotatable bonds is 8. The predicted molar refractivity (Wildman–Crippen MR) is 94.3 cm³/mol. The van der Waals surface area contributed by atoms with Crippen LogP contribution in [0.5, 0.6) is 11.5 Å². The van der Waals surface area contributed by atoms with E-state index in [1.54, 1.807) is 12.1 Å². The Hall–Kier alpha value is 1.49. The minimum absolute atomic E-state index is 0. The average Bonchev–Trinajstić information content (AvgIpc) is 2.51. The van der Waals surface area contributed by atoms with Crippen molar-refractivity contribution in [3.63, 3.8) is 0 Å². The Morgan fingerprint density at radius 3 is 0.970 bits per heavy atom. The van der Waals surface area contributed by atoms with Crippen molar-refractivity contribution in [2.24, 2.45) is 0 Å². The van der Waals surface area contributed by atoms with Crippen molar-refractivity contribution in [1.29, 1.82) is 0 Å². The van der Waals surface area contributed by atoms with Crippen LogP contribution in [0.4, 0.5) is 0 Å². The fourth-order valence-corrected chi connectivity index (χ4v) is 6.51. The maximum atomic E-state index is 11.0. The number of hydrogen-bond acceptors (Lipinski definition) is 12. The Balaban J connectivity index is -0.000000500. The van der Waals surface area contributed by atoms with Gasteiger partial charge in [0, 0.05) is 0 Å². The second-order valence-corrected chi connectivity index (χ2v) is 13.1. The molecule has 0 heterocycles. The van der Waals surface area contributed by atoms with Crippen molar-refractivity contribution in [3.05, 3.63) is 60.7 Å². The zero-order valence-corrected chi connectivity index (χ0v) is 32.7. The summed E-state index contributed by atoms with van der Waals surface area (Å²) in [5.41, 5.74) is 0. The molecule has 0 saturated heterocycles. The molecule has 0 amide bonds. The molecule has 0 spiro atoms. The number of para-hydroxylation sites is 2. The molecular weight excluding hydrogens is 821 g/mol. The molecule has 168 valence electrons. The summed E-state index contributed by atoms with van der Waals surface area (Å²) >= 11 is 0. The van der Waals surface area contributed by atoms with Crippen LogP contribution < -0.4 is 38.4 Å². The molecular formula is C14H14Cd3O12P4. The molecule has 2 rings (SSSR count). The molecule has 0 aromatic heterocycles. The van der Waals surface area contributed by atoms with Gasteiger partial charge in [-0.1, -0.05) is 51.6 Å². The second-order valence-electron chi connectivity index (χ2n) is 5.54. The van der Waals surface area contributed by atoms with Gasteiger partial charge in [0.1, 0.15) is 11.5 Å². The summed E-state index contributed by atoms with van der Waals surface area (Å²) < 4.78 is 51.4. The normalized spacial score (nSPS) is 14.2. The van der Waals surface area contributed by atoms with Crippen molar-refractivity contribution in [3.8, 4) is 11.5 Å². The topological polar surface area (TPSA) is 225 Å². The van der Waals surface area contributed by atoms with Gasteiger partial charge in [0.25, 0.3) is 0 Å².